The fourth-order valence-corrected chi connectivity index (χ4v) is 3.69. The van der Waals surface area contributed by atoms with E-state index >= 15 is 0 Å². The van der Waals surface area contributed by atoms with E-state index in [9.17, 15) is 8.42 Å². The largest absolute Gasteiger partial charge is 0.392 e. The molecule has 2 N–H and O–H groups in total. The average Bonchev–Trinajstić information content (AvgIpc) is 3.17. The molecular weight excluding hydrogens is 274 g/mol. The zero-order chi connectivity index (χ0) is 14.8. The Morgan fingerprint density at radius 3 is 2.50 bits per heavy atom. The number of sulfonamides is 1. The van der Waals surface area contributed by atoms with Gasteiger partial charge >= 0.3 is 0 Å². The van der Waals surface area contributed by atoms with Gasteiger partial charge in [0, 0.05) is 6.54 Å². The number of aliphatic hydroxyl groups is 1. The average molecular weight is 297 g/mol. The first-order chi connectivity index (χ1) is 9.37. The molecule has 0 heterocycles. The highest BCUT2D eigenvalue weighted by molar-refractivity contribution is 7.88. The van der Waals surface area contributed by atoms with Crippen LogP contribution in [0.3, 0.4) is 0 Å². The lowest BCUT2D eigenvalue weighted by Gasteiger charge is -2.20. The first-order valence-electron chi connectivity index (χ1n) is 7.03. The molecule has 0 aromatic heterocycles. The summed E-state index contributed by atoms with van der Waals surface area (Å²) in [5.41, 5.74) is 1.61. The molecule has 112 valence electrons. The van der Waals surface area contributed by atoms with Crippen LogP contribution in [0.15, 0.2) is 24.3 Å². The summed E-state index contributed by atoms with van der Waals surface area (Å²) in [6, 6.07) is 7.05. The summed E-state index contributed by atoms with van der Waals surface area (Å²) in [5, 5.41) is 9.07. The molecule has 1 aromatic carbocycles. The second-order valence-corrected chi connectivity index (χ2v) is 7.88. The van der Waals surface area contributed by atoms with Crippen LogP contribution in [0, 0.1) is 11.3 Å². The second-order valence-electron chi connectivity index (χ2n) is 6.08. The summed E-state index contributed by atoms with van der Waals surface area (Å²) >= 11 is 0. The van der Waals surface area contributed by atoms with E-state index in [0.717, 1.165) is 18.4 Å². The van der Waals surface area contributed by atoms with Crippen LogP contribution in [0.25, 0.3) is 0 Å². The van der Waals surface area contributed by atoms with Gasteiger partial charge < -0.3 is 5.11 Å². The van der Waals surface area contributed by atoms with Gasteiger partial charge in [-0.1, -0.05) is 38.1 Å². The third-order valence-corrected chi connectivity index (χ3v) is 5.59. The van der Waals surface area contributed by atoms with Crippen molar-refractivity contribution < 1.29 is 13.5 Å². The predicted molar refractivity (Wildman–Crippen MR) is 79.5 cm³/mol. The number of benzene rings is 1. The molecule has 0 radical (unpaired) electrons. The smallest absolute Gasteiger partial charge is 0.215 e. The highest BCUT2D eigenvalue weighted by Crippen LogP contribution is 2.51. The van der Waals surface area contributed by atoms with Gasteiger partial charge in [0.25, 0.3) is 0 Å². The van der Waals surface area contributed by atoms with E-state index < -0.39 is 10.0 Å². The first-order valence-corrected chi connectivity index (χ1v) is 8.68. The van der Waals surface area contributed by atoms with Crippen LogP contribution in [-0.2, 0) is 22.4 Å². The number of nitrogens with one attached hydrogen (secondary N) is 1. The summed E-state index contributed by atoms with van der Waals surface area (Å²) in [6.07, 6.45) is 2.21. The third-order valence-electron chi connectivity index (χ3n) is 4.29. The Labute approximate surface area is 121 Å². The van der Waals surface area contributed by atoms with E-state index in [1.165, 1.54) is 0 Å². The maximum Gasteiger partial charge on any atom is 0.215 e. The van der Waals surface area contributed by atoms with Gasteiger partial charge in [-0.15, -0.1) is 0 Å². The fraction of sp³-hybridized carbons (Fsp3) is 0.600. The minimum absolute atomic E-state index is 0.0327. The van der Waals surface area contributed by atoms with Crippen molar-refractivity contribution >= 4 is 10.0 Å². The van der Waals surface area contributed by atoms with E-state index in [2.05, 4.69) is 18.6 Å². The first kappa shape index (κ1) is 15.5. The Morgan fingerprint density at radius 1 is 1.30 bits per heavy atom. The molecule has 5 heteroatoms. The predicted octanol–water partition coefficient (Wildman–Crippen LogP) is 2.03. The third kappa shape index (κ3) is 3.81. The van der Waals surface area contributed by atoms with Crippen LogP contribution in [0.4, 0.5) is 0 Å². The maximum atomic E-state index is 12.1. The number of aliphatic hydroxyl groups excluding tert-OH is 1. The molecular formula is C15H23NO3S. The van der Waals surface area contributed by atoms with Crippen LogP contribution in [0.5, 0.6) is 0 Å². The Kier molecular flexibility index (Phi) is 4.52. The van der Waals surface area contributed by atoms with Gasteiger partial charge in [0.1, 0.15) is 0 Å². The molecule has 2 rings (SSSR count). The molecule has 0 saturated heterocycles. The van der Waals surface area contributed by atoms with Crippen molar-refractivity contribution in [1.29, 1.82) is 0 Å². The van der Waals surface area contributed by atoms with Gasteiger partial charge in [0.15, 0.2) is 0 Å². The lowest BCUT2D eigenvalue weighted by Crippen LogP contribution is -2.33. The van der Waals surface area contributed by atoms with Crippen LogP contribution < -0.4 is 4.72 Å². The van der Waals surface area contributed by atoms with Gasteiger partial charge in [0.05, 0.1) is 12.4 Å². The molecule has 1 aliphatic rings. The highest BCUT2D eigenvalue weighted by Gasteiger charge is 2.45. The Morgan fingerprint density at radius 2 is 1.95 bits per heavy atom. The fourth-order valence-electron chi connectivity index (χ4n) is 2.46. The van der Waals surface area contributed by atoms with Crippen LogP contribution in [0.2, 0.25) is 0 Å². The van der Waals surface area contributed by atoms with Crippen LogP contribution in [-0.4, -0.2) is 20.1 Å². The lowest BCUT2D eigenvalue weighted by molar-refractivity contribution is 0.282. The minimum Gasteiger partial charge on any atom is -0.392 e. The van der Waals surface area contributed by atoms with Crippen LogP contribution >= 0.6 is 0 Å². The normalized spacial score (nSPS) is 17.4. The molecule has 1 aliphatic carbocycles. The molecule has 0 unspecified atom stereocenters. The van der Waals surface area contributed by atoms with Crippen LogP contribution in [0.1, 0.15) is 37.8 Å². The molecule has 1 aromatic rings. The van der Waals surface area contributed by atoms with E-state index in [4.69, 9.17) is 5.11 Å². The molecule has 0 amide bonds. The second kappa shape index (κ2) is 5.84. The van der Waals surface area contributed by atoms with E-state index in [-0.39, 0.29) is 17.8 Å². The molecule has 0 atom stereocenters. The summed E-state index contributed by atoms with van der Waals surface area (Å²) in [6.45, 7) is 4.75. The summed E-state index contributed by atoms with van der Waals surface area (Å²) in [4.78, 5) is 0. The summed E-state index contributed by atoms with van der Waals surface area (Å²) in [7, 11) is -3.32. The molecule has 1 fully saturated rings. The highest BCUT2D eigenvalue weighted by atomic mass is 32.2. The minimum atomic E-state index is -3.32. The number of rotatable bonds is 7. The zero-order valence-corrected chi connectivity index (χ0v) is 12.9. The topological polar surface area (TPSA) is 66.4 Å². The summed E-state index contributed by atoms with van der Waals surface area (Å²) < 4.78 is 27.0. The molecule has 0 aliphatic heterocycles. The van der Waals surface area contributed by atoms with Gasteiger partial charge in [-0.05, 0) is 35.3 Å². The van der Waals surface area contributed by atoms with Gasteiger partial charge in [-0.2, -0.15) is 0 Å². The molecule has 20 heavy (non-hydrogen) atoms. The van der Waals surface area contributed by atoms with Gasteiger partial charge in [-0.25, -0.2) is 13.1 Å². The van der Waals surface area contributed by atoms with Gasteiger partial charge in [0.2, 0.25) is 10.0 Å². The summed E-state index contributed by atoms with van der Waals surface area (Å²) in [5.74, 6) is 0.470. The van der Waals surface area contributed by atoms with Gasteiger partial charge in [-0.3, -0.25) is 0 Å². The van der Waals surface area contributed by atoms with E-state index in [1.807, 2.05) is 0 Å². The lowest BCUT2D eigenvalue weighted by atomic mass is 9.93. The van der Waals surface area contributed by atoms with Crippen molar-refractivity contribution in [2.24, 2.45) is 11.3 Å². The van der Waals surface area contributed by atoms with Crippen molar-refractivity contribution in [1.82, 2.24) is 4.72 Å². The SMILES string of the molecule is CC(C)C1(CNS(=O)(=O)Cc2cccc(CO)c2)CC1. The molecule has 1 saturated carbocycles. The monoisotopic (exact) mass is 297 g/mol. The molecule has 4 nitrogen and oxygen atoms in total. The van der Waals surface area contributed by atoms with E-state index in [1.54, 1.807) is 24.3 Å². The Bertz CT molecular complexity index is 562. The Hall–Kier alpha value is -0.910. The Balaban J connectivity index is 1.97. The number of hydrogen-bond acceptors (Lipinski definition) is 3. The van der Waals surface area contributed by atoms with Crippen molar-refractivity contribution in [2.45, 2.75) is 39.0 Å². The maximum absolute atomic E-state index is 12.1. The molecule has 0 spiro atoms. The van der Waals surface area contributed by atoms with Crippen molar-refractivity contribution in [3.05, 3.63) is 35.4 Å². The van der Waals surface area contributed by atoms with Crippen molar-refractivity contribution in [3.63, 3.8) is 0 Å². The standard InChI is InChI=1S/C15H23NO3S/c1-12(2)15(6-7-15)11-16-20(18,19)10-14-5-3-4-13(8-14)9-17/h3-5,8,12,16-17H,6-7,9-11H2,1-2H3. The van der Waals surface area contributed by atoms with Crippen molar-refractivity contribution in [2.75, 3.05) is 6.54 Å². The molecule has 0 bridgehead atoms. The van der Waals surface area contributed by atoms with Crippen molar-refractivity contribution in [3.8, 4) is 0 Å². The number of hydrogen-bond donors (Lipinski definition) is 2. The van der Waals surface area contributed by atoms with E-state index in [0.29, 0.717) is 18.0 Å². The zero-order valence-electron chi connectivity index (χ0n) is 12.1. The quantitative estimate of drug-likeness (QED) is 0.809.